The molecule has 1 fully saturated rings. The first-order valence-corrected chi connectivity index (χ1v) is 10.6. The molecule has 2 aromatic rings. The Labute approximate surface area is 178 Å². The van der Waals surface area contributed by atoms with Gasteiger partial charge in [-0.1, -0.05) is 42.5 Å². The van der Waals surface area contributed by atoms with Gasteiger partial charge in [0.15, 0.2) is 0 Å². The van der Waals surface area contributed by atoms with Gasteiger partial charge >= 0.3 is 0 Å². The van der Waals surface area contributed by atoms with Gasteiger partial charge in [-0.2, -0.15) is 0 Å². The van der Waals surface area contributed by atoms with Crippen molar-refractivity contribution in [1.29, 1.82) is 0 Å². The molecule has 2 aromatic carbocycles. The van der Waals surface area contributed by atoms with Gasteiger partial charge < -0.3 is 19.9 Å². The maximum absolute atomic E-state index is 12.6. The first-order chi connectivity index (χ1) is 14.6. The van der Waals surface area contributed by atoms with Crippen LogP contribution in [-0.2, 0) is 16.1 Å². The number of benzene rings is 2. The van der Waals surface area contributed by atoms with Crippen LogP contribution < -0.4 is 15.0 Å². The summed E-state index contributed by atoms with van der Waals surface area (Å²) in [6.07, 6.45) is 1.10. The number of carbonyl (C=O) groups is 2. The number of nitrogens with zero attached hydrogens (tertiary/aromatic N) is 2. The van der Waals surface area contributed by atoms with E-state index in [1.54, 1.807) is 4.90 Å². The number of para-hydroxylation sites is 2. The topological polar surface area (TPSA) is 61.9 Å². The average molecular weight is 410 g/mol. The fourth-order valence-corrected chi connectivity index (χ4v) is 3.75. The van der Waals surface area contributed by atoms with E-state index in [0.717, 1.165) is 25.2 Å². The molecule has 0 spiro atoms. The number of hydrogen-bond donors (Lipinski definition) is 1. The fourth-order valence-electron chi connectivity index (χ4n) is 3.75. The molecule has 3 rings (SSSR count). The molecule has 1 N–H and O–H groups in total. The molecule has 1 saturated heterocycles. The van der Waals surface area contributed by atoms with Crippen LogP contribution in [0.1, 0.15) is 25.3 Å². The van der Waals surface area contributed by atoms with Crippen LogP contribution in [-0.4, -0.2) is 50.0 Å². The number of ether oxygens (including phenoxy) is 1. The van der Waals surface area contributed by atoms with Gasteiger partial charge in [-0.05, 0) is 44.6 Å². The smallest absolute Gasteiger partial charge is 0.227 e. The quantitative estimate of drug-likeness (QED) is 0.613. The first kappa shape index (κ1) is 21.8. The monoisotopic (exact) mass is 409 g/mol. The summed E-state index contributed by atoms with van der Waals surface area (Å²) in [5.74, 6) is 0.264. The van der Waals surface area contributed by atoms with E-state index < -0.39 is 0 Å². The molecule has 0 radical (unpaired) electrons. The van der Waals surface area contributed by atoms with Gasteiger partial charge in [0.25, 0.3) is 0 Å². The zero-order valence-corrected chi connectivity index (χ0v) is 17.8. The lowest BCUT2D eigenvalue weighted by molar-refractivity contribution is -0.126. The molecule has 1 atom stereocenters. The van der Waals surface area contributed by atoms with Gasteiger partial charge in [0.1, 0.15) is 5.75 Å². The van der Waals surface area contributed by atoms with Crippen molar-refractivity contribution in [2.45, 2.75) is 26.3 Å². The van der Waals surface area contributed by atoms with Crippen LogP contribution in [0.2, 0.25) is 0 Å². The van der Waals surface area contributed by atoms with E-state index in [1.807, 2.05) is 49.4 Å². The zero-order chi connectivity index (χ0) is 21.3. The third-order valence-electron chi connectivity index (χ3n) is 5.26. The largest absolute Gasteiger partial charge is 0.492 e. The summed E-state index contributed by atoms with van der Waals surface area (Å²) in [4.78, 5) is 29.0. The van der Waals surface area contributed by atoms with Crippen molar-refractivity contribution < 1.29 is 14.3 Å². The van der Waals surface area contributed by atoms with E-state index in [0.29, 0.717) is 25.4 Å². The molecule has 6 nitrogen and oxygen atoms in total. The van der Waals surface area contributed by atoms with Gasteiger partial charge in [-0.3, -0.25) is 9.59 Å². The maximum Gasteiger partial charge on any atom is 0.227 e. The van der Waals surface area contributed by atoms with E-state index in [2.05, 4.69) is 29.4 Å². The van der Waals surface area contributed by atoms with Crippen LogP contribution in [0.4, 0.5) is 5.69 Å². The van der Waals surface area contributed by atoms with Crippen molar-refractivity contribution in [1.82, 2.24) is 10.2 Å². The Kier molecular flexibility index (Phi) is 7.85. The Balaban J connectivity index is 1.44. The zero-order valence-electron chi connectivity index (χ0n) is 17.8. The van der Waals surface area contributed by atoms with Crippen LogP contribution in [0.25, 0.3) is 0 Å². The predicted molar refractivity (Wildman–Crippen MR) is 118 cm³/mol. The van der Waals surface area contributed by atoms with Crippen LogP contribution in [0.3, 0.4) is 0 Å². The van der Waals surface area contributed by atoms with Crippen molar-refractivity contribution in [3.05, 3.63) is 60.2 Å². The lowest BCUT2D eigenvalue weighted by Gasteiger charge is -2.20. The molecule has 2 amide bonds. The number of carbonyl (C=O) groups excluding carboxylic acids is 2. The number of hydrogen-bond acceptors (Lipinski definition) is 4. The minimum absolute atomic E-state index is 0.0371. The van der Waals surface area contributed by atoms with Gasteiger partial charge in [-0.25, -0.2) is 0 Å². The highest BCUT2D eigenvalue weighted by atomic mass is 16.5. The highest BCUT2D eigenvalue weighted by molar-refractivity contribution is 6.01. The Bertz CT molecular complexity index is 841. The summed E-state index contributed by atoms with van der Waals surface area (Å²) in [5.41, 5.74) is 2.02. The minimum atomic E-state index is -0.325. The van der Waals surface area contributed by atoms with Crippen molar-refractivity contribution >= 4 is 17.5 Å². The van der Waals surface area contributed by atoms with Gasteiger partial charge in [0.2, 0.25) is 11.8 Å². The Hall–Kier alpha value is -2.86. The average Bonchev–Trinajstić information content (AvgIpc) is 3.14. The van der Waals surface area contributed by atoms with E-state index >= 15 is 0 Å². The molecular formula is C24H31N3O3. The summed E-state index contributed by atoms with van der Waals surface area (Å²) in [5, 5.41) is 3.00. The molecule has 30 heavy (non-hydrogen) atoms. The minimum Gasteiger partial charge on any atom is -0.492 e. The van der Waals surface area contributed by atoms with Crippen LogP contribution in [0.15, 0.2) is 54.6 Å². The Morgan fingerprint density at radius 2 is 1.90 bits per heavy atom. The standard InChI is InChI=1S/C24H31N3O3/c1-3-30-22-13-8-7-12-21(22)27-18-20(16-23(27)28)24(29)25-14-9-15-26(2)17-19-10-5-4-6-11-19/h4-8,10-13,20H,3,9,14-18H2,1-2H3,(H,25,29). The molecule has 0 aromatic heterocycles. The second-order valence-corrected chi connectivity index (χ2v) is 7.67. The van der Waals surface area contributed by atoms with Crippen molar-refractivity contribution in [2.75, 3.05) is 38.2 Å². The summed E-state index contributed by atoms with van der Waals surface area (Å²) in [7, 11) is 2.08. The Morgan fingerprint density at radius 3 is 2.67 bits per heavy atom. The number of rotatable bonds is 10. The molecule has 1 aliphatic heterocycles. The van der Waals surface area contributed by atoms with Gasteiger partial charge in [-0.15, -0.1) is 0 Å². The third-order valence-corrected chi connectivity index (χ3v) is 5.26. The van der Waals surface area contributed by atoms with Gasteiger partial charge in [0, 0.05) is 26.1 Å². The Morgan fingerprint density at radius 1 is 1.17 bits per heavy atom. The molecule has 160 valence electrons. The van der Waals surface area contributed by atoms with E-state index in [9.17, 15) is 9.59 Å². The third kappa shape index (κ3) is 5.83. The molecule has 1 unspecified atom stereocenters. The lowest BCUT2D eigenvalue weighted by atomic mass is 10.1. The highest BCUT2D eigenvalue weighted by Gasteiger charge is 2.36. The SMILES string of the molecule is CCOc1ccccc1N1CC(C(=O)NCCCN(C)Cc2ccccc2)CC1=O. The van der Waals surface area contributed by atoms with E-state index in [1.165, 1.54) is 5.56 Å². The second kappa shape index (κ2) is 10.8. The summed E-state index contributed by atoms with van der Waals surface area (Å²) < 4.78 is 5.64. The molecule has 1 aliphatic rings. The lowest BCUT2D eigenvalue weighted by Crippen LogP contribution is -2.34. The predicted octanol–water partition coefficient (Wildman–Crippen LogP) is 3.08. The molecule has 0 bridgehead atoms. The molecular weight excluding hydrogens is 378 g/mol. The van der Waals surface area contributed by atoms with Crippen LogP contribution in [0.5, 0.6) is 5.75 Å². The summed E-state index contributed by atoms with van der Waals surface area (Å²) in [6, 6.07) is 17.8. The highest BCUT2D eigenvalue weighted by Crippen LogP contribution is 2.33. The number of nitrogens with one attached hydrogen (secondary N) is 1. The maximum atomic E-state index is 12.6. The van der Waals surface area contributed by atoms with Crippen LogP contribution >= 0.6 is 0 Å². The number of anilines is 1. The molecule has 6 heteroatoms. The van der Waals surface area contributed by atoms with E-state index in [4.69, 9.17) is 4.74 Å². The molecule has 0 saturated carbocycles. The second-order valence-electron chi connectivity index (χ2n) is 7.67. The van der Waals surface area contributed by atoms with E-state index in [-0.39, 0.29) is 24.2 Å². The molecule has 1 heterocycles. The van der Waals surface area contributed by atoms with Crippen molar-refractivity contribution in [3.63, 3.8) is 0 Å². The van der Waals surface area contributed by atoms with Crippen molar-refractivity contribution in [3.8, 4) is 5.75 Å². The fraction of sp³-hybridized carbons (Fsp3) is 0.417. The summed E-state index contributed by atoms with van der Waals surface area (Å²) in [6.45, 7) is 5.23. The van der Waals surface area contributed by atoms with Gasteiger partial charge in [0.05, 0.1) is 18.2 Å². The first-order valence-electron chi connectivity index (χ1n) is 10.6. The van der Waals surface area contributed by atoms with Crippen molar-refractivity contribution in [2.24, 2.45) is 5.92 Å². The normalized spacial score (nSPS) is 16.2. The van der Waals surface area contributed by atoms with Crippen LogP contribution in [0, 0.1) is 5.92 Å². The summed E-state index contributed by atoms with van der Waals surface area (Å²) >= 11 is 0. The molecule has 0 aliphatic carbocycles. The number of amides is 2.